The average molecular weight is 745 g/mol. The molecule has 10 heteroatoms. The van der Waals surface area contributed by atoms with E-state index < -0.39 is 23.0 Å². The lowest BCUT2D eigenvalue weighted by molar-refractivity contribution is -0.942. The van der Waals surface area contributed by atoms with Gasteiger partial charge in [-0.3, -0.25) is 9.59 Å². The Balaban J connectivity index is 1.21. The van der Waals surface area contributed by atoms with E-state index in [9.17, 15) is 18.4 Å². The van der Waals surface area contributed by atoms with Crippen molar-refractivity contribution in [2.24, 2.45) is 5.92 Å². The number of halogens is 2. The van der Waals surface area contributed by atoms with Gasteiger partial charge in [0.1, 0.15) is 34.4 Å². The number of hydrogen-bond acceptors (Lipinski definition) is 5. The Morgan fingerprint density at radius 1 is 0.778 bits per heavy atom. The number of fused-ring (bicyclic) bond motifs is 4. The largest absolute Gasteiger partial charge is 0.494 e. The molecule has 4 heterocycles. The molecule has 0 unspecified atom stereocenters. The molecule has 7 rings (SSSR count). The predicted molar refractivity (Wildman–Crippen MR) is 210 cm³/mol. The number of anilines is 1. The van der Waals surface area contributed by atoms with Crippen molar-refractivity contribution in [2.75, 3.05) is 57.4 Å². The van der Waals surface area contributed by atoms with Crippen LogP contribution in [0.5, 0.6) is 17.2 Å². The van der Waals surface area contributed by atoms with E-state index in [4.69, 9.17) is 14.2 Å². The smallest absolute Gasteiger partial charge is 0.263 e. The third kappa shape index (κ3) is 9.43. The molecule has 0 atom stereocenters. The van der Waals surface area contributed by atoms with Gasteiger partial charge in [-0.25, -0.2) is 8.78 Å². The van der Waals surface area contributed by atoms with Crippen LogP contribution in [0.15, 0.2) is 65.6 Å². The van der Waals surface area contributed by atoms with Gasteiger partial charge < -0.3 is 28.2 Å². The molecular weight excluding hydrogens is 688 g/mol. The molecule has 0 aliphatic carbocycles. The van der Waals surface area contributed by atoms with Gasteiger partial charge >= 0.3 is 0 Å². The first kappa shape index (κ1) is 39.3. The summed E-state index contributed by atoms with van der Waals surface area (Å²) in [5.41, 5.74) is 0.524. The van der Waals surface area contributed by atoms with Crippen molar-refractivity contribution in [3.8, 4) is 22.9 Å². The highest BCUT2D eigenvalue weighted by Gasteiger charge is 2.38. The Hall–Kier alpha value is -4.44. The zero-order valence-electron chi connectivity index (χ0n) is 32.2. The zero-order chi connectivity index (χ0) is 38.1. The molecule has 3 fully saturated rings. The van der Waals surface area contributed by atoms with Crippen molar-refractivity contribution >= 4 is 22.5 Å². The molecule has 290 valence electrons. The van der Waals surface area contributed by atoms with Crippen LogP contribution in [0.4, 0.5) is 14.5 Å². The summed E-state index contributed by atoms with van der Waals surface area (Å²) in [5.74, 6) is 0.459. The molecule has 0 saturated carbocycles. The number of unbranched alkanes of at least 4 members (excludes halogenated alkanes) is 5. The van der Waals surface area contributed by atoms with E-state index in [1.807, 2.05) is 38.1 Å². The van der Waals surface area contributed by atoms with Crippen molar-refractivity contribution in [3.63, 3.8) is 0 Å². The molecule has 0 spiro atoms. The number of ether oxygens (including phenoxy) is 3. The Kier molecular flexibility index (Phi) is 13.3. The van der Waals surface area contributed by atoms with Gasteiger partial charge in [0.15, 0.2) is 0 Å². The van der Waals surface area contributed by atoms with Crippen LogP contribution in [0, 0.1) is 17.6 Å². The minimum absolute atomic E-state index is 0.0218. The van der Waals surface area contributed by atoms with Gasteiger partial charge in [-0.2, -0.15) is 0 Å². The third-order valence-electron chi connectivity index (χ3n) is 11.2. The van der Waals surface area contributed by atoms with Gasteiger partial charge in [0.25, 0.3) is 5.91 Å². The van der Waals surface area contributed by atoms with Gasteiger partial charge in [-0.1, -0.05) is 26.2 Å². The van der Waals surface area contributed by atoms with E-state index in [0.29, 0.717) is 53.7 Å². The maximum Gasteiger partial charge on any atom is 0.263 e. The molecule has 3 aliphatic rings. The second-order valence-electron chi connectivity index (χ2n) is 15.0. The van der Waals surface area contributed by atoms with E-state index in [2.05, 4.69) is 0 Å². The lowest BCUT2D eigenvalue weighted by Gasteiger charge is -2.49. The molecule has 0 N–H and O–H groups in total. The second-order valence-corrected chi connectivity index (χ2v) is 15.0. The lowest BCUT2D eigenvalue weighted by Crippen LogP contribution is -2.58. The minimum Gasteiger partial charge on any atom is -0.494 e. The predicted octanol–water partition coefficient (Wildman–Crippen LogP) is 9.47. The van der Waals surface area contributed by atoms with Crippen LogP contribution >= 0.6 is 0 Å². The van der Waals surface area contributed by atoms with E-state index in [-0.39, 0.29) is 17.8 Å². The number of hydrogen-bond donors (Lipinski definition) is 0. The summed E-state index contributed by atoms with van der Waals surface area (Å²) in [5, 5.41) is 0.298. The van der Waals surface area contributed by atoms with Crippen LogP contribution in [-0.4, -0.2) is 67.5 Å². The summed E-state index contributed by atoms with van der Waals surface area (Å²) < 4.78 is 49.7. The first-order valence-corrected chi connectivity index (χ1v) is 20.1. The van der Waals surface area contributed by atoms with Crippen LogP contribution in [0.25, 0.3) is 16.6 Å². The molecular formula is C44H56F2N3O5+. The topological polar surface area (TPSA) is 70.0 Å². The lowest BCUT2D eigenvalue weighted by atomic mass is 9.85. The van der Waals surface area contributed by atoms with Crippen LogP contribution in [0.1, 0.15) is 95.3 Å². The molecule has 1 amide bonds. The van der Waals surface area contributed by atoms with Gasteiger partial charge in [-0.05, 0) is 89.0 Å². The minimum atomic E-state index is -0.817. The Labute approximate surface area is 318 Å². The Morgan fingerprint density at radius 2 is 1.43 bits per heavy atom. The van der Waals surface area contributed by atoms with Crippen molar-refractivity contribution in [2.45, 2.75) is 85.0 Å². The fraction of sp³-hybridized carbons (Fsp3) is 0.500. The number of rotatable bonds is 19. The Morgan fingerprint density at radius 3 is 2.09 bits per heavy atom. The van der Waals surface area contributed by atoms with Crippen molar-refractivity contribution in [1.82, 2.24) is 4.57 Å². The molecule has 8 nitrogen and oxygen atoms in total. The number of piperidine rings is 3. The van der Waals surface area contributed by atoms with E-state index in [0.717, 1.165) is 43.4 Å². The molecule has 2 bridgehead atoms. The number of carbonyl (C=O) groups is 1. The summed E-state index contributed by atoms with van der Waals surface area (Å²) in [6.45, 7) is 12.7. The van der Waals surface area contributed by atoms with Gasteiger partial charge in [0.2, 0.25) is 5.43 Å². The maximum absolute atomic E-state index is 14.2. The average Bonchev–Trinajstić information content (AvgIpc) is 3.17. The molecule has 1 aromatic heterocycles. The summed E-state index contributed by atoms with van der Waals surface area (Å²) in [6, 6.07) is 13.6. The Bertz CT molecular complexity index is 1920. The quantitative estimate of drug-likeness (QED) is 0.0707. The highest BCUT2D eigenvalue weighted by atomic mass is 19.1. The van der Waals surface area contributed by atoms with Crippen LogP contribution < -0.4 is 24.5 Å². The fourth-order valence-electron chi connectivity index (χ4n) is 8.21. The van der Waals surface area contributed by atoms with E-state index in [1.54, 1.807) is 23.6 Å². The number of nitrogens with zero attached hydrogens (tertiary/aromatic N) is 3. The first-order chi connectivity index (χ1) is 26.2. The van der Waals surface area contributed by atoms with E-state index >= 15 is 0 Å². The third-order valence-corrected chi connectivity index (χ3v) is 11.2. The fourth-order valence-corrected chi connectivity index (χ4v) is 8.21. The molecule has 3 aromatic carbocycles. The molecule has 3 saturated heterocycles. The van der Waals surface area contributed by atoms with Gasteiger partial charge in [0.05, 0.1) is 57.2 Å². The number of pyridine rings is 1. The zero-order valence-corrected chi connectivity index (χ0v) is 32.2. The van der Waals surface area contributed by atoms with Crippen LogP contribution in [0.2, 0.25) is 0 Å². The molecule has 4 aromatic rings. The number of quaternary nitrogens is 1. The molecule has 54 heavy (non-hydrogen) atoms. The van der Waals surface area contributed by atoms with Crippen LogP contribution in [-0.2, 0) is 0 Å². The summed E-state index contributed by atoms with van der Waals surface area (Å²) in [7, 11) is 0. The monoisotopic (exact) mass is 744 g/mol. The SMILES string of the molecule is CCCOc1cc(OCC)cc(-n2cc(C(=O)N(CC)c3cc(F)cc(F)c3)c(=O)c3ccc(OCCCCCCCC[N+]45CCC(CC4)CC5)cc32)c1. The van der Waals surface area contributed by atoms with Gasteiger partial charge in [0, 0.05) is 54.1 Å². The van der Waals surface area contributed by atoms with Crippen molar-refractivity contribution in [3.05, 3.63) is 88.2 Å². The second kappa shape index (κ2) is 18.3. The summed E-state index contributed by atoms with van der Waals surface area (Å²) >= 11 is 0. The highest BCUT2D eigenvalue weighted by Crippen LogP contribution is 2.34. The maximum atomic E-state index is 14.2. The molecule has 3 aliphatic heterocycles. The van der Waals surface area contributed by atoms with E-state index in [1.165, 1.54) is 86.7 Å². The normalized spacial score (nSPS) is 17.8. The van der Waals surface area contributed by atoms with Crippen molar-refractivity contribution < 1.29 is 32.3 Å². The number of benzene rings is 3. The number of carbonyl (C=O) groups excluding carboxylic acids is 1. The van der Waals surface area contributed by atoms with Crippen LogP contribution in [0.3, 0.4) is 0 Å². The van der Waals surface area contributed by atoms with Gasteiger partial charge in [-0.15, -0.1) is 0 Å². The number of amides is 1. The van der Waals surface area contributed by atoms with Crippen molar-refractivity contribution in [1.29, 1.82) is 0 Å². The molecule has 0 radical (unpaired) electrons. The number of aromatic nitrogens is 1. The highest BCUT2D eigenvalue weighted by molar-refractivity contribution is 6.07. The standard InChI is InChI=1S/C44H56F2N3O5/c1-4-22-53-39-28-36(27-38(29-39)52-6-3)48-31-41(44(51)47(5-2)35-25-33(45)24-34(46)26-35)43(50)40-14-13-37(30-42(40)48)54-23-12-10-8-7-9-11-18-49-19-15-32(16-20-49)17-21-49/h13-14,24-32H,4-12,15-23H2,1-3H3/q+1. The summed E-state index contributed by atoms with van der Waals surface area (Å²) in [6.07, 6.45) is 13.7. The summed E-state index contributed by atoms with van der Waals surface area (Å²) in [4.78, 5) is 29.3. The first-order valence-electron chi connectivity index (χ1n) is 20.1.